The van der Waals surface area contributed by atoms with Crippen LogP contribution in [0.4, 0.5) is 0 Å². The standard InChI is InChI=1S/C50H79N5O5Si/c1-32-47(61(3,4)38-26-24-37(59-2)25-27-38)44(28-29-53-31-41(51-52-53)46(56)35-12-6-5-7-13-35)60-50(32)40-17-8-9-18-42(40)54(49(50)58)30-33-20-22-36(23-21-33)55-43-19-11-15-34-14-10-16-39(45(34)43)48(55)57/h31-39,43-47,56H,5-30H2,1-4H3/t32-,33?,34?,36?,37?,38?,39?,43?,44+,45?,46-,47-,50+/m1/s1. The van der Waals surface area contributed by atoms with Crippen LogP contribution in [0.3, 0.4) is 0 Å². The minimum absolute atomic E-state index is 0.0381. The van der Waals surface area contributed by atoms with E-state index in [1.165, 1.54) is 75.5 Å². The highest BCUT2D eigenvalue weighted by atomic mass is 28.3. The molecule has 4 unspecified atom stereocenters. The van der Waals surface area contributed by atoms with Crippen molar-refractivity contribution in [3.63, 3.8) is 0 Å². The van der Waals surface area contributed by atoms with Gasteiger partial charge in [-0.1, -0.05) is 83.0 Å². The Kier molecular flexibility index (Phi) is 12.2. The number of allylic oxidation sites excluding steroid dienone is 1. The third-order valence-corrected chi connectivity index (χ3v) is 24.7. The largest absolute Gasteiger partial charge is 0.386 e. The van der Waals surface area contributed by atoms with Gasteiger partial charge in [-0.05, 0) is 137 Å². The Hall–Kier alpha value is -2.08. The van der Waals surface area contributed by atoms with E-state index in [-0.39, 0.29) is 23.8 Å². The molecule has 2 saturated heterocycles. The van der Waals surface area contributed by atoms with Crippen molar-refractivity contribution in [3.8, 4) is 0 Å². The maximum Gasteiger partial charge on any atom is 0.263 e. The Morgan fingerprint density at radius 3 is 2.38 bits per heavy atom. The number of aromatic nitrogens is 3. The van der Waals surface area contributed by atoms with E-state index in [4.69, 9.17) is 9.47 Å². The maximum absolute atomic E-state index is 15.6. The van der Waals surface area contributed by atoms with Crippen molar-refractivity contribution in [1.29, 1.82) is 0 Å². The molecular formula is C50H79N5O5Si. The van der Waals surface area contributed by atoms with Crippen molar-refractivity contribution >= 4 is 19.9 Å². The van der Waals surface area contributed by atoms with Crippen molar-refractivity contribution in [2.45, 2.75) is 228 Å². The van der Waals surface area contributed by atoms with Gasteiger partial charge in [0, 0.05) is 49.8 Å². The fourth-order valence-electron chi connectivity index (χ4n) is 16.3. The Morgan fingerprint density at radius 1 is 0.885 bits per heavy atom. The molecule has 1 N–H and O–H groups in total. The van der Waals surface area contributed by atoms with E-state index < -0.39 is 19.8 Å². The Morgan fingerprint density at radius 2 is 1.62 bits per heavy atom. The number of methoxy groups -OCH3 is 1. The van der Waals surface area contributed by atoms with Crippen LogP contribution in [0.2, 0.25) is 24.2 Å². The number of amides is 2. The van der Waals surface area contributed by atoms with Gasteiger partial charge in [-0.2, -0.15) is 0 Å². The topological polar surface area (TPSA) is 110 Å². The first-order chi connectivity index (χ1) is 29.6. The number of nitrogens with zero attached hydrogens (tertiary/aromatic N) is 5. The molecule has 6 aliphatic carbocycles. The van der Waals surface area contributed by atoms with E-state index in [1.807, 2.05) is 18.0 Å². The van der Waals surface area contributed by atoms with Gasteiger partial charge in [-0.15, -0.1) is 5.10 Å². The summed E-state index contributed by atoms with van der Waals surface area (Å²) in [5.41, 5.74) is 3.45. The van der Waals surface area contributed by atoms with Crippen LogP contribution in [0.1, 0.15) is 173 Å². The summed E-state index contributed by atoms with van der Waals surface area (Å²) in [6.07, 6.45) is 29.0. The quantitative estimate of drug-likeness (QED) is 0.221. The lowest BCUT2D eigenvalue weighted by molar-refractivity contribution is -0.150. The maximum atomic E-state index is 15.6. The summed E-state index contributed by atoms with van der Waals surface area (Å²) in [4.78, 5) is 34.3. The summed E-state index contributed by atoms with van der Waals surface area (Å²) in [6, 6.07) is 0.864. The van der Waals surface area contributed by atoms with Crippen LogP contribution in [0, 0.1) is 35.5 Å². The zero-order valence-corrected chi connectivity index (χ0v) is 39.3. The van der Waals surface area contributed by atoms with Crippen molar-refractivity contribution in [2.24, 2.45) is 35.5 Å². The van der Waals surface area contributed by atoms with Crippen LogP contribution in [-0.4, -0.2) is 93.3 Å². The van der Waals surface area contributed by atoms with Crippen LogP contribution in [-0.2, 0) is 25.6 Å². The van der Waals surface area contributed by atoms with Crippen LogP contribution in [0.5, 0.6) is 0 Å². The molecule has 10 rings (SSSR count). The summed E-state index contributed by atoms with van der Waals surface area (Å²) in [5.74, 6) is 3.25. The second-order valence-corrected chi connectivity index (χ2v) is 27.7. The molecular weight excluding hydrogens is 779 g/mol. The van der Waals surface area contributed by atoms with Crippen molar-refractivity contribution < 1.29 is 24.2 Å². The number of rotatable bonds is 11. The first kappa shape index (κ1) is 42.8. The summed E-state index contributed by atoms with van der Waals surface area (Å²) in [5, 5.41) is 20.3. The number of carbonyl (C=O) groups is 2. The van der Waals surface area contributed by atoms with Crippen LogP contribution < -0.4 is 0 Å². The summed E-state index contributed by atoms with van der Waals surface area (Å²) in [7, 11) is -0.127. The molecule has 0 radical (unpaired) electrons. The van der Waals surface area contributed by atoms with Crippen molar-refractivity contribution in [2.75, 3.05) is 13.7 Å². The van der Waals surface area contributed by atoms with E-state index in [2.05, 4.69) is 40.1 Å². The third-order valence-electron chi connectivity index (χ3n) is 19.4. The first-order valence-electron chi connectivity index (χ1n) is 25.8. The molecule has 5 saturated carbocycles. The number of hydrogen-bond donors (Lipinski definition) is 1. The summed E-state index contributed by atoms with van der Waals surface area (Å²) < 4.78 is 15.4. The number of carbonyl (C=O) groups excluding carboxylic acids is 2. The number of fused-ring (bicyclic) bond motifs is 1. The van der Waals surface area contributed by atoms with Crippen LogP contribution in [0.15, 0.2) is 17.5 Å². The van der Waals surface area contributed by atoms with Gasteiger partial charge in [0.15, 0.2) is 5.60 Å². The predicted octanol–water partition coefficient (Wildman–Crippen LogP) is 9.75. The van der Waals surface area contributed by atoms with Crippen molar-refractivity contribution in [3.05, 3.63) is 23.2 Å². The van der Waals surface area contributed by atoms with Crippen LogP contribution >= 0.6 is 0 Å². The molecule has 1 spiro atoms. The van der Waals surface area contributed by atoms with E-state index in [1.54, 1.807) is 0 Å². The lowest BCUT2D eigenvalue weighted by Gasteiger charge is -2.45. The molecule has 61 heavy (non-hydrogen) atoms. The smallest absolute Gasteiger partial charge is 0.263 e. The minimum Gasteiger partial charge on any atom is -0.386 e. The molecule has 9 atom stereocenters. The third kappa shape index (κ3) is 7.45. The molecule has 1 aromatic heterocycles. The Labute approximate surface area is 367 Å². The highest BCUT2D eigenvalue weighted by molar-refractivity contribution is 6.80. The normalized spacial score (nSPS) is 40.2. The van der Waals surface area contributed by atoms with E-state index in [9.17, 15) is 9.90 Å². The van der Waals surface area contributed by atoms with Crippen molar-refractivity contribution in [1.82, 2.24) is 24.8 Å². The molecule has 2 amide bonds. The summed E-state index contributed by atoms with van der Waals surface area (Å²) >= 11 is 0. The Balaban J connectivity index is 0.873. The van der Waals surface area contributed by atoms with Gasteiger partial charge < -0.3 is 24.4 Å². The van der Waals surface area contributed by atoms with E-state index in [0.717, 1.165) is 102 Å². The highest BCUT2D eigenvalue weighted by Crippen LogP contribution is 2.62. The fourth-order valence-corrected chi connectivity index (χ4v) is 21.4. The molecule has 7 fully saturated rings. The average molecular weight is 858 g/mol. The van der Waals surface area contributed by atoms with Gasteiger partial charge in [0.1, 0.15) is 11.8 Å². The average Bonchev–Trinajstić information content (AvgIpc) is 4.03. The summed E-state index contributed by atoms with van der Waals surface area (Å²) in [6.45, 7) is 9.12. The van der Waals surface area contributed by atoms with E-state index >= 15 is 4.79 Å². The van der Waals surface area contributed by atoms with Gasteiger partial charge >= 0.3 is 0 Å². The molecule has 338 valence electrons. The van der Waals surface area contributed by atoms with Crippen LogP contribution in [0.25, 0.3) is 0 Å². The van der Waals surface area contributed by atoms with Gasteiger partial charge in [-0.3, -0.25) is 14.3 Å². The van der Waals surface area contributed by atoms with Gasteiger partial charge in [0.05, 0.1) is 26.5 Å². The molecule has 0 bridgehead atoms. The zero-order valence-electron chi connectivity index (χ0n) is 38.3. The van der Waals surface area contributed by atoms with Gasteiger partial charge in [0.2, 0.25) is 5.91 Å². The number of aliphatic hydroxyl groups is 1. The molecule has 0 aromatic carbocycles. The number of aryl methyl sites for hydroxylation is 1. The lowest BCUT2D eigenvalue weighted by atomic mass is 9.65. The zero-order chi connectivity index (χ0) is 42.0. The minimum atomic E-state index is -1.99. The highest BCUT2D eigenvalue weighted by Gasteiger charge is 2.67. The second-order valence-electron chi connectivity index (χ2n) is 22.6. The fraction of sp³-hybridized carbons (Fsp3) is 0.880. The molecule has 9 aliphatic rings. The Bertz CT molecular complexity index is 1780. The number of aliphatic hydroxyl groups excluding tert-OH is 1. The molecule has 4 heterocycles. The first-order valence-corrected chi connectivity index (χ1v) is 28.9. The van der Waals surface area contributed by atoms with Gasteiger partial charge in [0.25, 0.3) is 5.91 Å². The number of ether oxygens (including phenoxy) is 2. The monoisotopic (exact) mass is 858 g/mol. The second kappa shape index (κ2) is 17.4. The number of hydrogen-bond acceptors (Lipinski definition) is 7. The molecule has 11 heteroatoms. The SMILES string of the molecule is COC1CCC([Si](C)(C)[C@H]2[C@H](CCn3cc([C@H](O)C4CCCCC4)nn3)O[C@@]3(C(=O)N(CC4CCC(N5C(=O)C6CCCC7CCCC5C76)CC4)C4=C3CCCC4)[C@@H]2C)CC1. The van der Waals surface area contributed by atoms with Gasteiger partial charge in [-0.25, -0.2) is 0 Å². The lowest BCUT2D eigenvalue weighted by Crippen LogP contribution is -2.51. The molecule has 10 nitrogen and oxygen atoms in total. The van der Waals surface area contributed by atoms with E-state index in [0.29, 0.717) is 65.2 Å². The number of likely N-dealkylation sites (tertiary alicyclic amines) is 1. The predicted molar refractivity (Wildman–Crippen MR) is 239 cm³/mol. The molecule has 3 aliphatic heterocycles. The molecule has 1 aromatic rings.